The molecule has 0 radical (unpaired) electrons. The summed E-state index contributed by atoms with van der Waals surface area (Å²) in [4.78, 5) is 12.4. The van der Waals surface area contributed by atoms with E-state index in [9.17, 15) is 4.79 Å². The van der Waals surface area contributed by atoms with Gasteiger partial charge in [-0.15, -0.1) is 0 Å². The van der Waals surface area contributed by atoms with Crippen LogP contribution in [0.15, 0.2) is 48.5 Å². The van der Waals surface area contributed by atoms with Gasteiger partial charge in [-0.25, -0.2) is 0 Å². The third kappa shape index (κ3) is 7.56. The number of carbonyl (C=O) groups is 1. The van der Waals surface area contributed by atoms with Crippen LogP contribution in [0.2, 0.25) is 0 Å². The number of ether oxygens (including phenoxy) is 2. The molecule has 150 valence electrons. The highest BCUT2D eigenvalue weighted by atomic mass is 32.1. The second-order valence-electron chi connectivity index (χ2n) is 7.37. The molecule has 0 bridgehead atoms. The summed E-state index contributed by atoms with van der Waals surface area (Å²) >= 11 is 5.25. The lowest BCUT2D eigenvalue weighted by atomic mass is 10.2. The van der Waals surface area contributed by atoms with Crippen molar-refractivity contribution >= 4 is 28.9 Å². The molecule has 2 rings (SSSR count). The van der Waals surface area contributed by atoms with Crippen molar-refractivity contribution in [3.63, 3.8) is 0 Å². The predicted molar refractivity (Wildman–Crippen MR) is 117 cm³/mol. The molecule has 2 aromatic carbocycles. The van der Waals surface area contributed by atoms with Gasteiger partial charge in [0, 0.05) is 17.3 Å². The molecular formula is C22H28N2O3S. The van der Waals surface area contributed by atoms with Crippen molar-refractivity contribution in [2.75, 3.05) is 18.5 Å². The average molecular weight is 401 g/mol. The van der Waals surface area contributed by atoms with Crippen LogP contribution in [-0.4, -0.2) is 24.2 Å². The number of benzene rings is 2. The number of thiocarbonyl (C=S) groups is 1. The minimum atomic E-state index is -0.278. The van der Waals surface area contributed by atoms with Gasteiger partial charge in [-0.1, -0.05) is 33.8 Å². The Morgan fingerprint density at radius 1 is 0.929 bits per heavy atom. The van der Waals surface area contributed by atoms with Crippen molar-refractivity contribution in [2.45, 2.75) is 27.7 Å². The quantitative estimate of drug-likeness (QED) is 0.618. The molecule has 0 heterocycles. The van der Waals surface area contributed by atoms with Gasteiger partial charge in [-0.2, -0.15) is 0 Å². The van der Waals surface area contributed by atoms with Crippen LogP contribution in [0.5, 0.6) is 11.5 Å². The fourth-order valence-corrected chi connectivity index (χ4v) is 2.44. The zero-order valence-corrected chi connectivity index (χ0v) is 17.6. The molecule has 28 heavy (non-hydrogen) atoms. The van der Waals surface area contributed by atoms with E-state index in [2.05, 4.69) is 38.3 Å². The summed E-state index contributed by atoms with van der Waals surface area (Å²) in [7, 11) is 0. The minimum absolute atomic E-state index is 0.228. The number of amides is 1. The highest BCUT2D eigenvalue weighted by Gasteiger charge is 2.09. The summed E-state index contributed by atoms with van der Waals surface area (Å²) in [5.74, 6) is 2.11. The Labute approximate surface area is 172 Å². The number of hydrogen-bond donors (Lipinski definition) is 2. The predicted octanol–water partition coefficient (Wildman–Crippen LogP) is 4.88. The van der Waals surface area contributed by atoms with Crippen LogP contribution in [0.1, 0.15) is 38.1 Å². The number of carbonyl (C=O) groups excluding carboxylic acids is 1. The molecule has 5 nitrogen and oxygen atoms in total. The van der Waals surface area contributed by atoms with Crippen LogP contribution < -0.4 is 20.1 Å². The van der Waals surface area contributed by atoms with Gasteiger partial charge in [-0.05, 0) is 60.5 Å². The van der Waals surface area contributed by atoms with Gasteiger partial charge < -0.3 is 14.8 Å². The standard InChI is InChI=1S/C22H28N2O3S/c1-15(2)13-26-19-10-8-17(9-11-19)21(25)24-22(28)23-18-6-5-7-20(12-18)27-14-16(3)4/h5-12,15-16H,13-14H2,1-4H3,(H2,23,24,25,28). The van der Waals surface area contributed by atoms with Gasteiger partial charge in [0.2, 0.25) is 0 Å². The summed E-state index contributed by atoms with van der Waals surface area (Å²) in [6.45, 7) is 9.64. The summed E-state index contributed by atoms with van der Waals surface area (Å²) in [5.41, 5.74) is 1.26. The van der Waals surface area contributed by atoms with Crippen molar-refractivity contribution in [3.8, 4) is 11.5 Å². The number of hydrogen-bond acceptors (Lipinski definition) is 4. The summed E-state index contributed by atoms with van der Waals surface area (Å²) in [6.07, 6.45) is 0. The molecule has 6 heteroatoms. The molecule has 0 aliphatic rings. The van der Waals surface area contributed by atoms with Crippen molar-refractivity contribution in [2.24, 2.45) is 11.8 Å². The maximum absolute atomic E-state index is 12.4. The van der Waals surface area contributed by atoms with E-state index >= 15 is 0 Å². The van der Waals surface area contributed by atoms with Crippen LogP contribution in [0.4, 0.5) is 5.69 Å². The Morgan fingerprint density at radius 3 is 2.14 bits per heavy atom. The van der Waals surface area contributed by atoms with E-state index in [0.29, 0.717) is 30.6 Å². The Bertz CT molecular complexity index is 789. The third-order valence-corrected chi connectivity index (χ3v) is 3.81. The second kappa shape index (κ2) is 10.7. The highest BCUT2D eigenvalue weighted by molar-refractivity contribution is 7.80. The molecule has 0 atom stereocenters. The van der Waals surface area contributed by atoms with Crippen LogP contribution in [0, 0.1) is 11.8 Å². The molecule has 0 saturated carbocycles. The third-order valence-electron chi connectivity index (χ3n) is 3.60. The van der Waals surface area contributed by atoms with E-state index in [1.807, 2.05) is 24.3 Å². The first-order chi connectivity index (χ1) is 13.3. The molecule has 2 N–H and O–H groups in total. The molecule has 0 unspecified atom stereocenters. The van der Waals surface area contributed by atoms with Crippen molar-refractivity contribution in [1.29, 1.82) is 0 Å². The van der Waals surface area contributed by atoms with Crippen molar-refractivity contribution in [3.05, 3.63) is 54.1 Å². The Morgan fingerprint density at radius 2 is 1.54 bits per heavy atom. The second-order valence-corrected chi connectivity index (χ2v) is 7.78. The largest absolute Gasteiger partial charge is 0.493 e. The smallest absolute Gasteiger partial charge is 0.257 e. The fourth-order valence-electron chi connectivity index (χ4n) is 2.23. The Kier molecular flexibility index (Phi) is 8.26. The molecule has 0 aliphatic heterocycles. The van der Waals surface area contributed by atoms with E-state index in [-0.39, 0.29) is 11.0 Å². The topological polar surface area (TPSA) is 59.6 Å². The first kappa shape index (κ1) is 21.7. The molecule has 1 amide bonds. The first-order valence-corrected chi connectivity index (χ1v) is 9.82. The molecule has 0 aromatic heterocycles. The van der Waals surface area contributed by atoms with Gasteiger partial charge >= 0.3 is 0 Å². The molecule has 0 saturated heterocycles. The lowest BCUT2D eigenvalue weighted by Crippen LogP contribution is -2.34. The normalized spacial score (nSPS) is 10.6. The average Bonchev–Trinajstić information content (AvgIpc) is 2.65. The number of rotatable bonds is 8. The highest BCUT2D eigenvalue weighted by Crippen LogP contribution is 2.18. The molecular weight excluding hydrogens is 372 g/mol. The van der Waals surface area contributed by atoms with Gasteiger partial charge in [0.15, 0.2) is 5.11 Å². The van der Waals surface area contributed by atoms with E-state index in [0.717, 1.165) is 17.2 Å². The van der Waals surface area contributed by atoms with E-state index in [1.54, 1.807) is 24.3 Å². The summed E-state index contributed by atoms with van der Waals surface area (Å²) in [5, 5.41) is 5.92. The van der Waals surface area contributed by atoms with E-state index in [4.69, 9.17) is 21.7 Å². The van der Waals surface area contributed by atoms with Gasteiger partial charge in [0.1, 0.15) is 11.5 Å². The van der Waals surface area contributed by atoms with Crippen LogP contribution >= 0.6 is 12.2 Å². The SMILES string of the molecule is CC(C)COc1ccc(C(=O)NC(=S)Nc2cccc(OCC(C)C)c2)cc1. The maximum Gasteiger partial charge on any atom is 0.257 e. The van der Waals surface area contributed by atoms with Gasteiger partial charge in [0.25, 0.3) is 5.91 Å². The first-order valence-electron chi connectivity index (χ1n) is 9.41. The Balaban J connectivity index is 1.88. The van der Waals surface area contributed by atoms with Gasteiger partial charge in [-0.3, -0.25) is 10.1 Å². The lowest BCUT2D eigenvalue weighted by Gasteiger charge is -2.13. The van der Waals surface area contributed by atoms with E-state index < -0.39 is 0 Å². The zero-order chi connectivity index (χ0) is 20.5. The van der Waals surface area contributed by atoms with Crippen molar-refractivity contribution < 1.29 is 14.3 Å². The molecule has 2 aromatic rings. The van der Waals surface area contributed by atoms with Gasteiger partial charge in [0.05, 0.1) is 13.2 Å². The molecule has 0 fully saturated rings. The van der Waals surface area contributed by atoms with Crippen LogP contribution in [0.3, 0.4) is 0 Å². The van der Waals surface area contributed by atoms with Crippen molar-refractivity contribution in [1.82, 2.24) is 5.32 Å². The zero-order valence-electron chi connectivity index (χ0n) is 16.8. The number of anilines is 1. The fraction of sp³-hybridized carbons (Fsp3) is 0.364. The summed E-state index contributed by atoms with van der Waals surface area (Å²) in [6, 6.07) is 14.5. The van der Waals surface area contributed by atoms with Crippen LogP contribution in [-0.2, 0) is 0 Å². The molecule has 0 spiro atoms. The maximum atomic E-state index is 12.4. The molecule has 0 aliphatic carbocycles. The lowest BCUT2D eigenvalue weighted by molar-refractivity contribution is 0.0977. The summed E-state index contributed by atoms with van der Waals surface area (Å²) < 4.78 is 11.3. The van der Waals surface area contributed by atoms with Crippen LogP contribution in [0.25, 0.3) is 0 Å². The number of nitrogens with one attached hydrogen (secondary N) is 2. The Hall–Kier alpha value is -2.60. The van der Waals surface area contributed by atoms with E-state index in [1.165, 1.54) is 0 Å². The monoisotopic (exact) mass is 400 g/mol. The minimum Gasteiger partial charge on any atom is -0.493 e.